The average Bonchev–Trinajstić information content (AvgIpc) is 2.29. The van der Waals surface area contributed by atoms with Gasteiger partial charge in [0.1, 0.15) is 0 Å². The Morgan fingerprint density at radius 3 is 1.17 bits per heavy atom. The van der Waals surface area contributed by atoms with Gasteiger partial charge in [-0.3, -0.25) is 9.59 Å². The lowest BCUT2D eigenvalue weighted by Crippen LogP contribution is -2.04. The number of carbonyl (C=O) groups is 2. The number of hydrogen-bond acceptors (Lipinski definition) is 4. The van der Waals surface area contributed by atoms with Crippen molar-refractivity contribution in [2.75, 3.05) is 13.2 Å². The van der Waals surface area contributed by atoms with Gasteiger partial charge in [-0.1, -0.05) is 20.8 Å². The highest BCUT2D eigenvalue weighted by molar-refractivity contribution is 5.66. The van der Waals surface area contributed by atoms with Crippen molar-refractivity contribution in [3.63, 3.8) is 0 Å². The van der Waals surface area contributed by atoms with Crippen molar-refractivity contribution < 1.29 is 30.0 Å². The number of aliphatic carboxylic acids is 2. The molecule has 0 unspecified atom stereocenters. The van der Waals surface area contributed by atoms with Crippen LogP contribution in [0.5, 0.6) is 0 Å². The molecular weight excluding hydrogens is 240 g/mol. The normalized spacial score (nSPS) is 8.78. The molecule has 18 heavy (non-hydrogen) atoms. The molecule has 110 valence electrons. The van der Waals surface area contributed by atoms with E-state index in [-0.39, 0.29) is 19.1 Å². The van der Waals surface area contributed by atoms with E-state index < -0.39 is 11.9 Å². The highest BCUT2D eigenvalue weighted by atomic mass is 16.4. The Morgan fingerprint density at radius 2 is 1.17 bits per heavy atom. The van der Waals surface area contributed by atoms with Gasteiger partial charge in [0.15, 0.2) is 0 Å². The number of aliphatic hydroxyl groups is 2. The van der Waals surface area contributed by atoms with E-state index in [1.807, 2.05) is 13.8 Å². The fourth-order valence-corrected chi connectivity index (χ4v) is 0.485. The minimum atomic E-state index is -0.711. The number of carboxylic acids is 2. The SMILES string of the molecule is CC(CO)CO.CCCC(=O)O.CCCC(=O)O. The molecule has 6 nitrogen and oxygen atoms in total. The second-order valence-electron chi connectivity index (χ2n) is 3.76. The van der Waals surface area contributed by atoms with E-state index in [1.54, 1.807) is 6.92 Å². The molecule has 0 aliphatic rings. The molecule has 4 N–H and O–H groups in total. The van der Waals surface area contributed by atoms with E-state index in [9.17, 15) is 9.59 Å². The molecule has 0 fully saturated rings. The lowest BCUT2D eigenvalue weighted by Gasteiger charge is -1.97. The predicted molar refractivity (Wildman–Crippen MR) is 68.4 cm³/mol. The first kappa shape index (κ1) is 22.1. The van der Waals surface area contributed by atoms with Crippen LogP contribution in [0.4, 0.5) is 0 Å². The van der Waals surface area contributed by atoms with E-state index >= 15 is 0 Å². The fourth-order valence-electron chi connectivity index (χ4n) is 0.485. The standard InChI is InChI=1S/C4H10O2.2C4H8O2/c1-4(2-5)3-6;2*1-2-3-4(5)6/h4-6H,2-3H2,1H3;2*2-3H2,1H3,(H,5,6). The summed E-state index contributed by atoms with van der Waals surface area (Å²) in [4.78, 5) is 19.2. The highest BCUT2D eigenvalue weighted by Crippen LogP contribution is 1.85. The van der Waals surface area contributed by atoms with Crippen LogP contribution in [-0.4, -0.2) is 45.6 Å². The summed E-state index contributed by atoms with van der Waals surface area (Å²) in [5.41, 5.74) is 0. The largest absolute Gasteiger partial charge is 0.481 e. The van der Waals surface area contributed by atoms with Crippen molar-refractivity contribution in [2.24, 2.45) is 5.92 Å². The number of rotatable bonds is 6. The van der Waals surface area contributed by atoms with Gasteiger partial charge >= 0.3 is 11.9 Å². The first-order valence-electron chi connectivity index (χ1n) is 6.00. The molecule has 0 saturated heterocycles. The van der Waals surface area contributed by atoms with Gasteiger partial charge in [0, 0.05) is 32.0 Å². The summed E-state index contributed by atoms with van der Waals surface area (Å²) in [5, 5.41) is 32.2. The Balaban J connectivity index is -0.000000187. The van der Waals surface area contributed by atoms with Gasteiger partial charge in [0.2, 0.25) is 0 Å². The second-order valence-corrected chi connectivity index (χ2v) is 3.76. The van der Waals surface area contributed by atoms with E-state index in [0.717, 1.165) is 12.8 Å². The maximum Gasteiger partial charge on any atom is 0.303 e. The first-order valence-corrected chi connectivity index (χ1v) is 6.00. The van der Waals surface area contributed by atoms with Crippen molar-refractivity contribution in [1.82, 2.24) is 0 Å². The van der Waals surface area contributed by atoms with Crippen molar-refractivity contribution >= 4 is 11.9 Å². The van der Waals surface area contributed by atoms with Crippen LogP contribution >= 0.6 is 0 Å². The third kappa shape index (κ3) is 36.4. The predicted octanol–water partition coefficient (Wildman–Crippen LogP) is 1.35. The molecule has 0 aromatic heterocycles. The van der Waals surface area contributed by atoms with Gasteiger partial charge in [0.25, 0.3) is 0 Å². The van der Waals surface area contributed by atoms with Crippen LogP contribution in [-0.2, 0) is 9.59 Å². The summed E-state index contributed by atoms with van der Waals surface area (Å²) in [5.74, 6) is -1.38. The quantitative estimate of drug-likeness (QED) is 0.577. The molecule has 0 aliphatic heterocycles. The topological polar surface area (TPSA) is 115 Å². The molecule has 0 saturated carbocycles. The molecular formula is C12H26O6. The minimum Gasteiger partial charge on any atom is -0.481 e. The summed E-state index contributed by atoms with van der Waals surface area (Å²) >= 11 is 0. The van der Waals surface area contributed by atoms with Gasteiger partial charge in [-0.25, -0.2) is 0 Å². The Kier molecular flexibility index (Phi) is 22.4. The zero-order valence-corrected chi connectivity index (χ0v) is 11.4. The minimum absolute atomic E-state index is 0.0463. The van der Waals surface area contributed by atoms with Gasteiger partial charge < -0.3 is 20.4 Å². The average molecular weight is 266 g/mol. The smallest absolute Gasteiger partial charge is 0.303 e. The molecule has 0 amide bonds. The highest BCUT2D eigenvalue weighted by Gasteiger charge is 1.91. The van der Waals surface area contributed by atoms with Crippen LogP contribution in [0, 0.1) is 5.92 Å². The van der Waals surface area contributed by atoms with E-state index in [4.69, 9.17) is 20.4 Å². The molecule has 0 bridgehead atoms. The molecule has 0 rings (SSSR count). The van der Waals surface area contributed by atoms with Crippen molar-refractivity contribution in [1.29, 1.82) is 0 Å². The molecule has 0 spiro atoms. The van der Waals surface area contributed by atoms with Gasteiger partial charge in [-0.15, -0.1) is 0 Å². The van der Waals surface area contributed by atoms with E-state index in [1.165, 1.54) is 0 Å². The van der Waals surface area contributed by atoms with Crippen LogP contribution in [0.15, 0.2) is 0 Å². The zero-order valence-electron chi connectivity index (χ0n) is 11.4. The molecule has 0 atom stereocenters. The Bertz CT molecular complexity index is 173. The van der Waals surface area contributed by atoms with Crippen LogP contribution in [0.3, 0.4) is 0 Å². The Morgan fingerprint density at radius 1 is 0.889 bits per heavy atom. The second kappa shape index (κ2) is 18.2. The Labute approximate surface area is 108 Å². The van der Waals surface area contributed by atoms with E-state index in [0.29, 0.717) is 12.8 Å². The van der Waals surface area contributed by atoms with Crippen molar-refractivity contribution in [2.45, 2.75) is 46.5 Å². The summed E-state index contributed by atoms with van der Waals surface area (Å²) in [6, 6.07) is 0. The van der Waals surface area contributed by atoms with Crippen LogP contribution < -0.4 is 0 Å². The Hall–Kier alpha value is -1.14. The number of aliphatic hydroxyl groups excluding tert-OH is 2. The maximum absolute atomic E-state index is 9.60. The van der Waals surface area contributed by atoms with Gasteiger partial charge in [-0.2, -0.15) is 0 Å². The third-order valence-corrected chi connectivity index (χ3v) is 1.55. The molecule has 0 aliphatic carbocycles. The van der Waals surface area contributed by atoms with Crippen LogP contribution in [0.25, 0.3) is 0 Å². The van der Waals surface area contributed by atoms with Crippen LogP contribution in [0.1, 0.15) is 46.5 Å². The lowest BCUT2D eigenvalue weighted by molar-refractivity contribution is -0.138. The molecule has 0 radical (unpaired) electrons. The number of hydrogen-bond donors (Lipinski definition) is 4. The first-order chi connectivity index (χ1) is 8.35. The zero-order chi connectivity index (χ0) is 15.0. The van der Waals surface area contributed by atoms with E-state index in [2.05, 4.69) is 0 Å². The fraction of sp³-hybridized carbons (Fsp3) is 0.833. The summed E-state index contributed by atoms with van der Waals surface area (Å²) in [6.45, 7) is 5.62. The van der Waals surface area contributed by atoms with Gasteiger partial charge in [-0.05, 0) is 12.8 Å². The van der Waals surface area contributed by atoms with Gasteiger partial charge in [0.05, 0.1) is 0 Å². The monoisotopic (exact) mass is 266 g/mol. The summed E-state index contributed by atoms with van der Waals surface area (Å²) in [6.07, 6.45) is 2.05. The van der Waals surface area contributed by atoms with Crippen molar-refractivity contribution in [3.8, 4) is 0 Å². The molecule has 6 heteroatoms. The number of carboxylic acid groups (broad SMARTS) is 2. The lowest BCUT2D eigenvalue weighted by atomic mass is 10.2. The van der Waals surface area contributed by atoms with Crippen LogP contribution in [0.2, 0.25) is 0 Å². The summed E-state index contributed by atoms with van der Waals surface area (Å²) < 4.78 is 0. The molecule has 0 aromatic rings. The third-order valence-electron chi connectivity index (χ3n) is 1.55. The molecule has 0 aromatic carbocycles. The maximum atomic E-state index is 9.60. The molecule has 0 heterocycles. The summed E-state index contributed by atoms with van der Waals surface area (Å²) in [7, 11) is 0. The van der Waals surface area contributed by atoms with Crippen molar-refractivity contribution in [3.05, 3.63) is 0 Å².